The van der Waals surface area contributed by atoms with Gasteiger partial charge in [0, 0.05) is 10.6 Å². The molecule has 0 saturated heterocycles. The molecule has 0 fully saturated rings. The van der Waals surface area contributed by atoms with Gasteiger partial charge < -0.3 is 14.9 Å². The van der Waals surface area contributed by atoms with Crippen molar-refractivity contribution in [2.24, 2.45) is 0 Å². The van der Waals surface area contributed by atoms with Gasteiger partial charge in [0.15, 0.2) is 5.82 Å². The van der Waals surface area contributed by atoms with E-state index in [2.05, 4.69) is 15.5 Å². The number of halogens is 2. The average molecular weight is 350 g/mol. The number of nitrogens with one attached hydrogen (secondary N) is 1. The summed E-state index contributed by atoms with van der Waals surface area (Å²) in [6, 6.07) is 12.5. The van der Waals surface area contributed by atoms with E-state index in [1.165, 1.54) is 0 Å². The number of hydrogen-bond acceptors (Lipinski definition) is 5. The summed E-state index contributed by atoms with van der Waals surface area (Å²) < 4.78 is 5.24. The molecule has 2 aromatic carbocycles. The van der Waals surface area contributed by atoms with Gasteiger partial charge in [-0.15, -0.1) is 0 Å². The predicted octanol–water partition coefficient (Wildman–Crippen LogP) is 4.15. The third-order valence-corrected chi connectivity index (χ3v) is 3.75. The van der Waals surface area contributed by atoms with Gasteiger partial charge in [-0.25, -0.2) is 0 Å². The van der Waals surface area contributed by atoms with E-state index in [9.17, 15) is 0 Å². The van der Waals surface area contributed by atoms with Crippen molar-refractivity contribution in [2.75, 3.05) is 5.32 Å². The second-order valence-corrected chi connectivity index (χ2v) is 5.70. The molecule has 0 atom stereocenters. The van der Waals surface area contributed by atoms with Gasteiger partial charge in [-0.3, -0.25) is 0 Å². The lowest BCUT2D eigenvalue weighted by Crippen LogP contribution is -2.02. The zero-order valence-corrected chi connectivity index (χ0v) is 13.5. The summed E-state index contributed by atoms with van der Waals surface area (Å²) in [6.07, 6.45) is 0. The Morgan fingerprint density at radius 1 is 1.13 bits per heavy atom. The van der Waals surface area contributed by atoms with Gasteiger partial charge in [-0.2, -0.15) is 4.98 Å². The van der Waals surface area contributed by atoms with E-state index < -0.39 is 0 Å². The van der Waals surface area contributed by atoms with Gasteiger partial charge >= 0.3 is 0 Å². The Morgan fingerprint density at radius 3 is 2.78 bits per heavy atom. The standard InChI is InChI=1S/C16H13Cl2N3O2/c17-12-3-1-2-11(7-12)16-20-15(21-23-16)8-19-14-6-10(9-22)4-5-13(14)18/h1-7,19,22H,8-9H2. The summed E-state index contributed by atoms with van der Waals surface area (Å²) in [5, 5.41) is 17.4. The van der Waals surface area contributed by atoms with E-state index in [1.54, 1.807) is 30.3 Å². The molecular weight excluding hydrogens is 337 g/mol. The van der Waals surface area contributed by atoms with Crippen LogP contribution in [-0.2, 0) is 13.2 Å². The van der Waals surface area contributed by atoms with E-state index in [4.69, 9.17) is 32.8 Å². The molecule has 1 heterocycles. The van der Waals surface area contributed by atoms with Crippen LogP contribution in [0.2, 0.25) is 10.0 Å². The second-order valence-electron chi connectivity index (χ2n) is 4.85. The zero-order chi connectivity index (χ0) is 16.2. The first-order chi connectivity index (χ1) is 11.2. The quantitative estimate of drug-likeness (QED) is 0.723. The van der Waals surface area contributed by atoms with Crippen LogP contribution in [0, 0.1) is 0 Å². The van der Waals surface area contributed by atoms with E-state index in [0.29, 0.717) is 34.0 Å². The third-order valence-electron chi connectivity index (χ3n) is 3.19. The molecule has 0 saturated carbocycles. The Bertz CT molecular complexity index is 821. The van der Waals surface area contributed by atoms with Crippen molar-refractivity contribution in [2.45, 2.75) is 13.2 Å². The van der Waals surface area contributed by atoms with E-state index in [-0.39, 0.29) is 6.61 Å². The molecule has 2 N–H and O–H groups in total. The second kappa shape index (κ2) is 7.00. The first-order valence-electron chi connectivity index (χ1n) is 6.87. The largest absolute Gasteiger partial charge is 0.392 e. The fraction of sp³-hybridized carbons (Fsp3) is 0.125. The van der Waals surface area contributed by atoms with Crippen molar-refractivity contribution in [1.29, 1.82) is 0 Å². The predicted molar refractivity (Wildman–Crippen MR) is 89.4 cm³/mol. The fourth-order valence-corrected chi connectivity index (χ4v) is 2.42. The van der Waals surface area contributed by atoms with Gasteiger partial charge in [-0.05, 0) is 35.9 Å². The Balaban J connectivity index is 1.73. The minimum atomic E-state index is -0.0486. The fourth-order valence-electron chi connectivity index (χ4n) is 2.05. The lowest BCUT2D eigenvalue weighted by Gasteiger charge is -2.07. The Labute approximate surface area is 142 Å². The SMILES string of the molecule is OCc1ccc(Cl)c(NCc2noc(-c3cccc(Cl)c3)n2)c1. The lowest BCUT2D eigenvalue weighted by molar-refractivity contribution is 0.282. The van der Waals surface area contributed by atoms with Crippen LogP contribution in [0.1, 0.15) is 11.4 Å². The number of hydrogen-bond donors (Lipinski definition) is 2. The number of nitrogens with zero attached hydrogens (tertiary/aromatic N) is 2. The highest BCUT2D eigenvalue weighted by atomic mass is 35.5. The number of aliphatic hydroxyl groups excluding tert-OH is 1. The average Bonchev–Trinajstić information content (AvgIpc) is 3.03. The van der Waals surface area contributed by atoms with Crippen molar-refractivity contribution in [3.63, 3.8) is 0 Å². The zero-order valence-electron chi connectivity index (χ0n) is 12.0. The summed E-state index contributed by atoms with van der Waals surface area (Å²) in [5.41, 5.74) is 2.23. The van der Waals surface area contributed by atoms with Crippen LogP contribution in [0.3, 0.4) is 0 Å². The first kappa shape index (κ1) is 15.8. The van der Waals surface area contributed by atoms with Crippen LogP contribution in [-0.4, -0.2) is 15.2 Å². The van der Waals surface area contributed by atoms with Crippen LogP contribution in [0.5, 0.6) is 0 Å². The summed E-state index contributed by atoms with van der Waals surface area (Å²) in [5.74, 6) is 0.893. The van der Waals surface area contributed by atoms with Crippen LogP contribution >= 0.6 is 23.2 Å². The highest BCUT2D eigenvalue weighted by Gasteiger charge is 2.10. The number of anilines is 1. The molecule has 0 bridgehead atoms. The Kier molecular flexibility index (Phi) is 4.81. The van der Waals surface area contributed by atoms with Crippen LogP contribution in [0.4, 0.5) is 5.69 Å². The van der Waals surface area contributed by atoms with E-state index in [1.807, 2.05) is 12.1 Å². The van der Waals surface area contributed by atoms with Crippen molar-refractivity contribution >= 4 is 28.9 Å². The molecule has 23 heavy (non-hydrogen) atoms. The highest BCUT2D eigenvalue weighted by Crippen LogP contribution is 2.24. The highest BCUT2D eigenvalue weighted by molar-refractivity contribution is 6.33. The smallest absolute Gasteiger partial charge is 0.258 e. The topological polar surface area (TPSA) is 71.2 Å². The molecule has 7 heteroatoms. The van der Waals surface area contributed by atoms with E-state index in [0.717, 1.165) is 11.1 Å². The molecule has 0 aliphatic rings. The Morgan fingerprint density at radius 2 is 2.00 bits per heavy atom. The number of benzene rings is 2. The van der Waals surface area contributed by atoms with Gasteiger partial charge in [0.25, 0.3) is 5.89 Å². The first-order valence-corrected chi connectivity index (χ1v) is 7.63. The van der Waals surface area contributed by atoms with Gasteiger partial charge in [0.05, 0.1) is 23.9 Å². The maximum absolute atomic E-state index is 9.17. The van der Waals surface area contributed by atoms with Crippen molar-refractivity contribution < 1.29 is 9.63 Å². The molecule has 0 radical (unpaired) electrons. The third kappa shape index (κ3) is 3.82. The van der Waals surface area contributed by atoms with E-state index >= 15 is 0 Å². The van der Waals surface area contributed by atoms with Gasteiger partial charge in [0.2, 0.25) is 0 Å². The number of rotatable bonds is 5. The Hall–Kier alpha value is -2.08. The van der Waals surface area contributed by atoms with Crippen molar-refractivity contribution in [1.82, 2.24) is 10.1 Å². The molecule has 0 spiro atoms. The molecule has 5 nitrogen and oxygen atoms in total. The molecule has 0 unspecified atom stereocenters. The minimum Gasteiger partial charge on any atom is -0.392 e. The summed E-state index contributed by atoms with van der Waals surface area (Å²) in [7, 11) is 0. The minimum absolute atomic E-state index is 0.0486. The van der Waals surface area contributed by atoms with Gasteiger partial charge in [-0.1, -0.05) is 40.5 Å². The molecule has 0 aliphatic heterocycles. The van der Waals surface area contributed by atoms with Crippen molar-refractivity contribution in [3.05, 3.63) is 63.9 Å². The molecular formula is C16H13Cl2N3O2. The molecule has 0 aliphatic carbocycles. The number of aliphatic hydroxyl groups is 1. The monoisotopic (exact) mass is 349 g/mol. The number of aromatic nitrogens is 2. The maximum atomic E-state index is 9.17. The lowest BCUT2D eigenvalue weighted by atomic mass is 10.2. The molecule has 118 valence electrons. The normalized spacial score (nSPS) is 10.7. The summed E-state index contributed by atoms with van der Waals surface area (Å²) in [6.45, 7) is 0.297. The van der Waals surface area contributed by atoms with Gasteiger partial charge in [0.1, 0.15) is 0 Å². The summed E-state index contributed by atoms with van der Waals surface area (Å²) >= 11 is 12.1. The molecule has 0 amide bonds. The van der Waals surface area contributed by atoms with Crippen LogP contribution in [0.15, 0.2) is 47.0 Å². The molecule has 1 aromatic heterocycles. The van der Waals surface area contributed by atoms with Crippen molar-refractivity contribution in [3.8, 4) is 11.5 Å². The molecule has 3 aromatic rings. The molecule has 3 rings (SSSR count). The summed E-state index contributed by atoms with van der Waals surface area (Å²) in [4.78, 5) is 4.32. The van der Waals surface area contributed by atoms with Crippen LogP contribution < -0.4 is 5.32 Å². The van der Waals surface area contributed by atoms with Crippen LogP contribution in [0.25, 0.3) is 11.5 Å². The maximum Gasteiger partial charge on any atom is 0.258 e.